The molecule has 5 heteroatoms. The third kappa shape index (κ3) is 4.45. The van der Waals surface area contributed by atoms with Gasteiger partial charge in [-0.15, -0.1) is 0 Å². The molecular weight excluding hydrogens is 367 g/mol. The molecule has 0 aromatic heterocycles. The second kappa shape index (κ2) is 8.95. The van der Waals surface area contributed by atoms with Crippen molar-refractivity contribution < 1.29 is 13.9 Å². The Labute approximate surface area is 172 Å². The SMILES string of the molecule is O=C(NCc1cccc(N2CCCCC2)c1)C1(c2cccc(F)c2)CCOCC1. The van der Waals surface area contributed by atoms with Crippen LogP contribution in [-0.4, -0.2) is 32.2 Å². The fraction of sp³-hybridized carbons (Fsp3) is 0.458. The van der Waals surface area contributed by atoms with E-state index in [-0.39, 0.29) is 11.7 Å². The van der Waals surface area contributed by atoms with Gasteiger partial charge in [0.15, 0.2) is 0 Å². The van der Waals surface area contributed by atoms with E-state index in [4.69, 9.17) is 4.74 Å². The highest BCUT2D eigenvalue weighted by molar-refractivity contribution is 5.88. The first-order chi connectivity index (χ1) is 14.2. The van der Waals surface area contributed by atoms with Crippen LogP contribution in [0.15, 0.2) is 48.5 Å². The predicted octanol–water partition coefficient (Wildman–Crippen LogP) is 4.18. The van der Waals surface area contributed by atoms with Crippen molar-refractivity contribution in [3.05, 3.63) is 65.5 Å². The highest BCUT2D eigenvalue weighted by Crippen LogP contribution is 2.35. The molecule has 0 spiro atoms. The molecule has 29 heavy (non-hydrogen) atoms. The van der Waals surface area contributed by atoms with Gasteiger partial charge in [0, 0.05) is 38.5 Å². The fourth-order valence-corrected chi connectivity index (χ4v) is 4.52. The van der Waals surface area contributed by atoms with Crippen molar-refractivity contribution in [2.45, 2.75) is 44.1 Å². The summed E-state index contributed by atoms with van der Waals surface area (Å²) in [4.78, 5) is 15.7. The predicted molar refractivity (Wildman–Crippen MR) is 112 cm³/mol. The quantitative estimate of drug-likeness (QED) is 0.824. The van der Waals surface area contributed by atoms with Crippen molar-refractivity contribution >= 4 is 11.6 Å². The summed E-state index contributed by atoms with van der Waals surface area (Å²) in [5, 5.41) is 3.12. The number of piperidine rings is 1. The number of nitrogens with zero attached hydrogens (tertiary/aromatic N) is 1. The van der Waals surface area contributed by atoms with E-state index < -0.39 is 5.41 Å². The first kappa shape index (κ1) is 19.9. The zero-order valence-corrected chi connectivity index (χ0v) is 16.8. The van der Waals surface area contributed by atoms with Crippen molar-refractivity contribution in [2.75, 3.05) is 31.2 Å². The summed E-state index contributed by atoms with van der Waals surface area (Å²) in [5.74, 6) is -0.356. The van der Waals surface area contributed by atoms with Gasteiger partial charge in [-0.25, -0.2) is 4.39 Å². The van der Waals surface area contributed by atoms with Gasteiger partial charge in [0.25, 0.3) is 0 Å². The Morgan fingerprint density at radius 2 is 1.79 bits per heavy atom. The lowest BCUT2D eigenvalue weighted by Gasteiger charge is -2.36. The van der Waals surface area contributed by atoms with Gasteiger partial charge in [-0.05, 0) is 67.5 Å². The number of hydrogen-bond acceptors (Lipinski definition) is 3. The van der Waals surface area contributed by atoms with E-state index in [1.54, 1.807) is 6.07 Å². The zero-order valence-electron chi connectivity index (χ0n) is 16.8. The van der Waals surface area contributed by atoms with E-state index in [1.807, 2.05) is 12.1 Å². The fourth-order valence-electron chi connectivity index (χ4n) is 4.52. The van der Waals surface area contributed by atoms with Gasteiger partial charge in [0.1, 0.15) is 5.82 Å². The Hall–Kier alpha value is -2.40. The molecule has 2 saturated heterocycles. The van der Waals surface area contributed by atoms with Crippen LogP contribution in [0.3, 0.4) is 0 Å². The summed E-state index contributed by atoms with van der Waals surface area (Å²) in [7, 11) is 0. The molecule has 0 aliphatic carbocycles. The first-order valence-corrected chi connectivity index (χ1v) is 10.6. The molecule has 2 aliphatic heterocycles. The standard InChI is InChI=1S/C24H29FN2O2/c25-21-8-5-7-20(17-21)24(10-14-29-15-11-24)23(28)26-18-19-6-4-9-22(16-19)27-12-2-1-3-13-27/h4-9,16-17H,1-3,10-15,18H2,(H,26,28). The number of carbonyl (C=O) groups is 1. The Kier molecular flexibility index (Phi) is 6.14. The molecule has 1 N–H and O–H groups in total. The van der Waals surface area contributed by atoms with Gasteiger partial charge < -0.3 is 15.0 Å². The average Bonchev–Trinajstić information content (AvgIpc) is 2.79. The number of nitrogens with one attached hydrogen (secondary N) is 1. The number of ether oxygens (including phenoxy) is 1. The number of rotatable bonds is 5. The highest BCUT2D eigenvalue weighted by Gasteiger charge is 2.41. The minimum Gasteiger partial charge on any atom is -0.381 e. The van der Waals surface area contributed by atoms with Gasteiger partial charge in [-0.1, -0.05) is 24.3 Å². The van der Waals surface area contributed by atoms with Gasteiger partial charge in [-0.2, -0.15) is 0 Å². The van der Waals surface area contributed by atoms with Crippen LogP contribution in [0.5, 0.6) is 0 Å². The number of hydrogen-bond donors (Lipinski definition) is 1. The lowest BCUT2D eigenvalue weighted by molar-refractivity contribution is -0.130. The summed E-state index contributed by atoms with van der Waals surface area (Å²) in [6.45, 7) is 3.68. The largest absolute Gasteiger partial charge is 0.381 e. The maximum Gasteiger partial charge on any atom is 0.231 e. The number of benzene rings is 2. The van der Waals surface area contributed by atoms with Gasteiger partial charge >= 0.3 is 0 Å². The maximum atomic E-state index is 13.9. The smallest absolute Gasteiger partial charge is 0.231 e. The molecule has 2 aliphatic rings. The second-order valence-corrected chi connectivity index (χ2v) is 8.11. The number of anilines is 1. The van der Waals surface area contributed by atoms with E-state index >= 15 is 0 Å². The normalized spacial score (nSPS) is 19.0. The van der Waals surface area contributed by atoms with Crippen molar-refractivity contribution in [2.24, 2.45) is 0 Å². The zero-order chi connectivity index (χ0) is 20.1. The molecule has 0 unspecified atom stereocenters. The van der Waals surface area contributed by atoms with Crippen molar-refractivity contribution in [3.8, 4) is 0 Å². The Balaban J connectivity index is 1.48. The minimum atomic E-state index is -0.731. The molecular formula is C24H29FN2O2. The topological polar surface area (TPSA) is 41.6 Å². The number of amides is 1. The molecule has 2 fully saturated rings. The van der Waals surface area contributed by atoms with Crippen LogP contribution in [0.25, 0.3) is 0 Å². The first-order valence-electron chi connectivity index (χ1n) is 10.6. The summed E-state index contributed by atoms with van der Waals surface area (Å²) in [5.41, 5.74) is 2.32. The van der Waals surface area contributed by atoms with Crippen LogP contribution in [0.1, 0.15) is 43.2 Å². The van der Waals surface area contributed by atoms with Gasteiger partial charge in [0.2, 0.25) is 5.91 Å². The summed E-state index contributed by atoms with van der Waals surface area (Å²) < 4.78 is 19.4. The summed E-state index contributed by atoms with van der Waals surface area (Å²) >= 11 is 0. The molecule has 154 valence electrons. The van der Waals surface area contributed by atoms with Crippen LogP contribution < -0.4 is 10.2 Å². The van der Waals surface area contributed by atoms with Crippen LogP contribution in [0.4, 0.5) is 10.1 Å². The van der Waals surface area contributed by atoms with Crippen LogP contribution in [-0.2, 0) is 21.5 Å². The number of carbonyl (C=O) groups excluding carboxylic acids is 1. The molecule has 0 bridgehead atoms. The van der Waals surface area contributed by atoms with E-state index in [9.17, 15) is 9.18 Å². The lowest BCUT2D eigenvalue weighted by Crippen LogP contribution is -2.47. The van der Waals surface area contributed by atoms with Crippen LogP contribution in [0.2, 0.25) is 0 Å². The van der Waals surface area contributed by atoms with E-state index in [2.05, 4.69) is 28.4 Å². The van der Waals surface area contributed by atoms with Gasteiger partial charge in [-0.3, -0.25) is 4.79 Å². The molecule has 0 radical (unpaired) electrons. The molecule has 0 saturated carbocycles. The van der Waals surface area contributed by atoms with Crippen molar-refractivity contribution in [1.82, 2.24) is 5.32 Å². The summed E-state index contributed by atoms with van der Waals surface area (Å²) in [6, 6.07) is 14.9. The van der Waals surface area contributed by atoms with Crippen molar-refractivity contribution in [3.63, 3.8) is 0 Å². The third-order valence-corrected chi connectivity index (χ3v) is 6.24. The maximum absolute atomic E-state index is 13.9. The minimum absolute atomic E-state index is 0.0465. The molecule has 2 aromatic carbocycles. The third-order valence-electron chi connectivity index (χ3n) is 6.24. The molecule has 0 atom stereocenters. The Bertz CT molecular complexity index is 842. The molecule has 2 heterocycles. The monoisotopic (exact) mass is 396 g/mol. The van der Waals surface area contributed by atoms with E-state index in [0.717, 1.165) is 24.2 Å². The van der Waals surface area contributed by atoms with Crippen LogP contribution >= 0.6 is 0 Å². The van der Waals surface area contributed by atoms with Crippen molar-refractivity contribution in [1.29, 1.82) is 0 Å². The molecule has 4 rings (SSSR count). The van der Waals surface area contributed by atoms with Gasteiger partial charge in [0.05, 0.1) is 5.41 Å². The second-order valence-electron chi connectivity index (χ2n) is 8.11. The molecule has 1 amide bonds. The Morgan fingerprint density at radius 1 is 1.03 bits per heavy atom. The summed E-state index contributed by atoms with van der Waals surface area (Å²) in [6.07, 6.45) is 4.91. The highest BCUT2D eigenvalue weighted by atomic mass is 19.1. The molecule has 4 nitrogen and oxygen atoms in total. The van der Waals surface area contributed by atoms with Crippen LogP contribution in [0, 0.1) is 5.82 Å². The lowest BCUT2D eigenvalue weighted by atomic mass is 9.73. The van der Waals surface area contributed by atoms with E-state index in [1.165, 1.54) is 37.1 Å². The number of halogens is 1. The Morgan fingerprint density at radius 3 is 2.55 bits per heavy atom. The molecule has 2 aromatic rings. The average molecular weight is 397 g/mol. The van der Waals surface area contributed by atoms with E-state index in [0.29, 0.717) is 32.6 Å².